The number of aryl methyl sites for hydroxylation is 3. The number of benzene rings is 5. The molecule has 0 bridgehead atoms. The fourth-order valence-corrected chi connectivity index (χ4v) is 11.0. The maximum Gasteiger partial charge on any atom is 0.569 e. The Balaban J connectivity index is 0.000000298. The standard InChI is InChI=1S/C23H23N3O2.C16H15N3O2.C11H14BrNO.C8H7ClO.C4H4BN2O2.5CH4/c27-15-23(26-14-22(28)18-5-2-1-3-6-18)10-9-17-7-4-8-20(21(17)11-23)19-12-24-16-25-13-19;20-15-19-16(9-21-15)5-4-11-2-1-3-13(14(11)6-16)12-7-17-10-18-8-12;12-10-3-1-2-8-4-5-11(13,7-14)6-9(8)10;9-6-8(10)7-4-2-1-3-5-7;8-5-9-4-1-6-3-7-2-4;;;;;/h1-8,12-13,16,26-27H,9-11,14-15H2;1-3,7-8,10H,4-6,9H2,(H,19,20);1-3,14H,4-7,13H2;1-5H,6H2;1-3,8H;5*1H4. The highest BCUT2D eigenvalue weighted by Gasteiger charge is 2.43. The predicted molar refractivity (Wildman–Crippen MR) is 351 cm³/mol. The van der Waals surface area contributed by atoms with Crippen molar-refractivity contribution in [2.75, 3.05) is 32.2 Å². The summed E-state index contributed by atoms with van der Waals surface area (Å²) >= 11 is 8.86. The van der Waals surface area contributed by atoms with Gasteiger partial charge in [-0.25, -0.2) is 34.7 Å². The number of ether oxygens (including phenoxy) is 1. The molecule has 1 fully saturated rings. The van der Waals surface area contributed by atoms with Crippen LogP contribution in [0.3, 0.4) is 0 Å². The highest BCUT2D eigenvalue weighted by molar-refractivity contribution is 9.10. The molecular formula is C67H83BBrClN9O8. The largest absolute Gasteiger partial charge is 0.569 e. The summed E-state index contributed by atoms with van der Waals surface area (Å²) in [7, 11) is 0.582. The molecule has 5 aromatic carbocycles. The number of nitrogens with two attached hydrogens (primary N) is 1. The number of hydrogen-bond acceptors (Lipinski definition) is 16. The number of alkyl halides is 1. The Kier molecular flexibility index (Phi) is 30.4. The molecule has 1 saturated heterocycles. The number of nitrogens with one attached hydrogen (secondary N) is 2. The van der Waals surface area contributed by atoms with Crippen LogP contribution in [0.1, 0.15) is 110 Å². The van der Waals surface area contributed by atoms with E-state index in [0.717, 1.165) is 78.1 Å². The van der Waals surface area contributed by atoms with Crippen molar-refractivity contribution in [1.29, 1.82) is 0 Å². The Morgan fingerprint density at radius 3 is 1.60 bits per heavy atom. The third-order valence-electron chi connectivity index (χ3n) is 14.8. The fraction of sp³-hybridized carbons (Fsp3) is 0.328. The molecule has 3 atom stereocenters. The average molecular weight is 1270 g/mol. The molecule has 461 valence electrons. The molecule has 20 heteroatoms. The summed E-state index contributed by atoms with van der Waals surface area (Å²) in [6, 6.07) is 37.1. The highest BCUT2D eigenvalue weighted by Crippen LogP contribution is 2.38. The Bertz CT molecular complexity index is 3370. The van der Waals surface area contributed by atoms with E-state index in [-0.39, 0.29) is 86.0 Å². The number of Topliss-reactive ketones (excluding diaryl/α,β-unsaturated/α-hetero) is 2. The number of aliphatic hydroxyl groups excluding tert-OH is 2. The fourth-order valence-electron chi connectivity index (χ4n) is 10.3. The molecule has 4 aliphatic rings. The van der Waals surface area contributed by atoms with Gasteiger partial charge in [0.05, 0.1) is 43.6 Å². The Morgan fingerprint density at radius 2 is 1.10 bits per heavy atom. The van der Waals surface area contributed by atoms with Gasteiger partial charge in [0.1, 0.15) is 31.3 Å². The van der Waals surface area contributed by atoms with Crippen molar-refractivity contribution in [2.24, 2.45) is 5.73 Å². The van der Waals surface area contributed by atoms with Gasteiger partial charge >= 0.3 is 13.8 Å². The summed E-state index contributed by atoms with van der Waals surface area (Å²) in [4.78, 5) is 58.6. The van der Waals surface area contributed by atoms with Gasteiger partial charge in [0.2, 0.25) is 0 Å². The second-order valence-corrected chi connectivity index (χ2v) is 21.5. The van der Waals surface area contributed by atoms with Crippen LogP contribution >= 0.6 is 27.5 Å². The lowest BCUT2D eigenvalue weighted by Gasteiger charge is -2.38. The van der Waals surface area contributed by atoms with Gasteiger partial charge in [0.25, 0.3) is 0 Å². The Hall–Kier alpha value is -7.62. The minimum Gasteiger partial charge on any atom is -0.535 e. The van der Waals surface area contributed by atoms with E-state index in [2.05, 4.69) is 104 Å². The zero-order chi connectivity index (χ0) is 57.8. The number of aliphatic hydroxyl groups is 2. The van der Waals surface area contributed by atoms with Gasteiger partial charge in [0, 0.05) is 62.6 Å². The Morgan fingerprint density at radius 1 is 0.621 bits per heavy atom. The molecule has 0 saturated carbocycles. The maximum absolute atomic E-state index is 12.5. The van der Waals surface area contributed by atoms with Crippen LogP contribution in [-0.4, -0.2) is 119 Å². The number of aromatic nitrogens is 6. The molecule has 8 aromatic rings. The van der Waals surface area contributed by atoms with E-state index in [4.69, 9.17) is 27.1 Å². The SMILES string of the molecule is C.C.C.C.C.NC1(CO)CCc2cccc(Br)c2C1.O=C(CCl)c1ccccc1.O=C(CNC1(CO)CCc2cccc(-c3cncnc3)c2C1)c1ccccc1.O=C1NC2(CCc3cccc(-c4cncnc4)c3C2)CO1.O[B]Oc1cncnc1. The predicted octanol–water partition coefficient (Wildman–Crippen LogP) is 11.2. The van der Waals surface area contributed by atoms with Gasteiger partial charge < -0.3 is 41.0 Å². The maximum atomic E-state index is 12.5. The monoisotopic (exact) mass is 1270 g/mol. The van der Waals surface area contributed by atoms with Gasteiger partial charge in [-0.05, 0) is 108 Å². The van der Waals surface area contributed by atoms with Gasteiger partial charge in [-0.3, -0.25) is 9.59 Å². The van der Waals surface area contributed by atoms with Gasteiger partial charge in [0.15, 0.2) is 11.6 Å². The van der Waals surface area contributed by atoms with Gasteiger partial charge in [-0.1, -0.05) is 162 Å². The zero-order valence-corrected chi connectivity index (χ0v) is 47.4. The van der Waals surface area contributed by atoms with Crippen LogP contribution in [0.25, 0.3) is 22.3 Å². The number of fused-ring (bicyclic) bond motifs is 3. The number of carbonyl (C=O) groups excluding carboxylic acids is 3. The van der Waals surface area contributed by atoms with Crippen LogP contribution in [0.15, 0.2) is 176 Å². The van der Waals surface area contributed by atoms with Crippen LogP contribution in [0, 0.1) is 0 Å². The van der Waals surface area contributed by atoms with Crippen LogP contribution in [0.4, 0.5) is 4.79 Å². The number of amides is 1. The molecule has 1 spiro atoms. The summed E-state index contributed by atoms with van der Waals surface area (Å²) in [5, 5.41) is 33.9. The normalized spacial score (nSPS) is 17.7. The van der Waals surface area contributed by atoms with Crippen molar-refractivity contribution in [3.63, 3.8) is 0 Å². The lowest BCUT2D eigenvalue weighted by molar-refractivity contribution is 0.0942. The third-order valence-corrected chi connectivity index (χ3v) is 15.8. The second-order valence-electron chi connectivity index (χ2n) is 20.4. The summed E-state index contributed by atoms with van der Waals surface area (Å²) in [5.74, 6) is 0.482. The second kappa shape index (κ2) is 35.9. The van der Waals surface area contributed by atoms with E-state index in [1.54, 1.807) is 12.1 Å². The van der Waals surface area contributed by atoms with Crippen LogP contribution in [-0.2, 0) is 43.3 Å². The molecule has 1 amide bonds. The number of nitrogens with zero attached hydrogens (tertiary/aromatic N) is 6. The van der Waals surface area contributed by atoms with E-state index >= 15 is 0 Å². The van der Waals surface area contributed by atoms with E-state index in [1.807, 2.05) is 85.5 Å². The zero-order valence-electron chi connectivity index (χ0n) is 45.0. The minimum absolute atomic E-state index is 0. The lowest BCUT2D eigenvalue weighted by atomic mass is 9.76. The van der Waals surface area contributed by atoms with E-state index < -0.39 is 11.1 Å². The molecule has 3 aliphatic carbocycles. The summed E-state index contributed by atoms with van der Waals surface area (Å²) in [6.07, 6.45) is 21.8. The van der Waals surface area contributed by atoms with Crippen LogP contribution < -0.4 is 21.0 Å². The topological polar surface area (TPSA) is 258 Å². The van der Waals surface area contributed by atoms with Crippen molar-refractivity contribution >= 4 is 52.9 Å². The first kappa shape index (κ1) is 73.6. The quantitative estimate of drug-likeness (QED) is 0.0377. The smallest absolute Gasteiger partial charge is 0.535 e. The Labute approximate surface area is 527 Å². The molecule has 3 unspecified atom stereocenters. The number of alkyl carbamates (subject to hydrolysis) is 1. The van der Waals surface area contributed by atoms with Crippen molar-refractivity contribution in [2.45, 2.75) is 112 Å². The third kappa shape index (κ3) is 20.0. The number of carbonyl (C=O) groups is 3. The van der Waals surface area contributed by atoms with Gasteiger partial charge in [-0.2, -0.15) is 0 Å². The number of ketones is 2. The minimum atomic E-state index is -0.511. The van der Waals surface area contributed by atoms with E-state index in [9.17, 15) is 24.6 Å². The van der Waals surface area contributed by atoms with Crippen molar-refractivity contribution in [3.8, 4) is 28.0 Å². The van der Waals surface area contributed by atoms with E-state index in [1.165, 1.54) is 64.8 Å². The average Bonchev–Trinajstić information content (AvgIpc) is 2.12. The molecular weight excluding hydrogens is 1180 g/mol. The number of hydrogen-bond donors (Lipinski definition) is 6. The summed E-state index contributed by atoms with van der Waals surface area (Å²) in [6.45, 7) is 0.698. The lowest BCUT2D eigenvalue weighted by Crippen LogP contribution is -2.54. The summed E-state index contributed by atoms with van der Waals surface area (Å²) in [5.41, 5.74) is 18.2. The molecule has 17 nitrogen and oxygen atoms in total. The first-order valence-electron chi connectivity index (χ1n) is 26.7. The van der Waals surface area contributed by atoms with Crippen LogP contribution in [0.5, 0.6) is 5.75 Å². The van der Waals surface area contributed by atoms with Crippen LogP contribution in [0.2, 0.25) is 0 Å². The van der Waals surface area contributed by atoms with Crippen molar-refractivity contribution in [3.05, 3.63) is 220 Å². The number of rotatable bonds is 12. The first-order valence-corrected chi connectivity index (χ1v) is 28.0. The molecule has 1 aliphatic heterocycles. The number of halogens is 2. The van der Waals surface area contributed by atoms with E-state index in [0.29, 0.717) is 37.6 Å². The van der Waals surface area contributed by atoms with Crippen molar-refractivity contribution in [1.82, 2.24) is 40.5 Å². The molecule has 1 radical (unpaired) electrons. The molecule has 7 N–H and O–H groups in total. The molecule has 4 heterocycles. The first-order chi connectivity index (χ1) is 39.9. The molecule has 87 heavy (non-hydrogen) atoms. The van der Waals surface area contributed by atoms with Gasteiger partial charge in [-0.15, -0.1) is 11.6 Å². The van der Waals surface area contributed by atoms with Crippen molar-refractivity contribution < 1.29 is 39.0 Å². The summed E-state index contributed by atoms with van der Waals surface area (Å²) < 4.78 is 10.8. The molecule has 12 rings (SSSR count). The number of cyclic esters (lactones) is 1. The molecule has 3 aromatic heterocycles. The highest BCUT2D eigenvalue weighted by atomic mass is 79.9.